The van der Waals surface area contributed by atoms with Crippen molar-refractivity contribution in [3.8, 4) is 22.1 Å². The van der Waals surface area contributed by atoms with Gasteiger partial charge in [-0.3, -0.25) is 4.90 Å². The van der Waals surface area contributed by atoms with Crippen LogP contribution in [0.15, 0.2) is 23.6 Å². The van der Waals surface area contributed by atoms with Gasteiger partial charge >= 0.3 is 0 Å². The molecule has 0 aliphatic carbocycles. The van der Waals surface area contributed by atoms with Gasteiger partial charge in [0.05, 0.1) is 38.2 Å². The third-order valence-corrected chi connectivity index (χ3v) is 4.83. The first-order valence-electron chi connectivity index (χ1n) is 7.70. The van der Waals surface area contributed by atoms with Gasteiger partial charge in [0.1, 0.15) is 16.5 Å². The molecule has 1 aromatic heterocycles. The van der Waals surface area contributed by atoms with Crippen molar-refractivity contribution < 1.29 is 14.2 Å². The number of ether oxygens (including phenoxy) is 3. The summed E-state index contributed by atoms with van der Waals surface area (Å²) < 4.78 is 16.3. The number of thiazole rings is 1. The maximum absolute atomic E-state index is 5.58. The van der Waals surface area contributed by atoms with Crippen LogP contribution >= 0.6 is 11.3 Å². The number of nitrogens with zero attached hydrogens (tertiary/aromatic N) is 2. The Morgan fingerprint density at radius 3 is 2.96 bits per heavy atom. The Kier molecular flexibility index (Phi) is 5.15. The van der Waals surface area contributed by atoms with Crippen LogP contribution in [0, 0.1) is 0 Å². The SMILES string of the molecule is COc1ccc(-c2nc(CN3CCO[C@@H](C)C3)cs2)c(OC)c1. The molecule has 1 aliphatic heterocycles. The molecule has 6 heteroatoms. The molecule has 1 aromatic carbocycles. The zero-order valence-electron chi connectivity index (χ0n) is 13.7. The van der Waals surface area contributed by atoms with Gasteiger partial charge in [0.2, 0.25) is 0 Å². The van der Waals surface area contributed by atoms with E-state index in [9.17, 15) is 0 Å². The predicted octanol–water partition coefficient (Wildman–Crippen LogP) is 3.05. The van der Waals surface area contributed by atoms with Crippen LogP contribution in [0.3, 0.4) is 0 Å². The molecule has 124 valence electrons. The monoisotopic (exact) mass is 334 g/mol. The summed E-state index contributed by atoms with van der Waals surface area (Å²) >= 11 is 1.65. The minimum atomic E-state index is 0.295. The fourth-order valence-electron chi connectivity index (χ4n) is 2.74. The maximum Gasteiger partial charge on any atom is 0.132 e. The van der Waals surface area contributed by atoms with E-state index in [2.05, 4.69) is 17.2 Å². The Morgan fingerprint density at radius 1 is 1.35 bits per heavy atom. The van der Waals surface area contributed by atoms with Crippen molar-refractivity contribution in [1.82, 2.24) is 9.88 Å². The number of benzene rings is 1. The number of rotatable bonds is 5. The van der Waals surface area contributed by atoms with Gasteiger partial charge in [-0.15, -0.1) is 11.3 Å². The van der Waals surface area contributed by atoms with Crippen molar-refractivity contribution >= 4 is 11.3 Å². The van der Waals surface area contributed by atoms with E-state index in [1.54, 1.807) is 25.6 Å². The summed E-state index contributed by atoms with van der Waals surface area (Å²) in [5, 5.41) is 3.10. The number of morpholine rings is 1. The summed E-state index contributed by atoms with van der Waals surface area (Å²) in [5.41, 5.74) is 2.09. The highest BCUT2D eigenvalue weighted by molar-refractivity contribution is 7.13. The molecular formula is C17H22N2O3S. The van der Waals surface area contributed by atoms with Gasteiger partial charge in [-0.2, -0.15) is 0 Å². The third-order valence-electron chi connectivity index (χ3n) is 3.90. The maximum atomic E-state index is 5.58. The molecule has 0 N–H and O–H groups in total. The van der Waals surface area contributed by atoms with Crippen molar-refractivity contribution in [2.24, 2.45) is 0 Å². The van der Waals surface area contributed by atoms with Crippen LogP contribution in [0.2, 0.25) is 0 Å². The molecule has 1 aliphatic rings. The minimum Gasteiger partial charge on any atom is -0.497 e. The predicted molar refractivity (Wildman–Crippen MR) is 91.3 cm³/mol. The van der Waals surface area contributed by atoms with Gasteiger partial charge < -0.3 is 14.2 Å². The fourth-order valence-corrected chi connectivity index (χ4v) is 3.58. The van der Waals surface area contributed by atoms with E-state index < -0.39 is 0 Å². The summed E-state index contributed by atoms with van der Waals surface area (Å²) in [7, 11) is 3.32. The lowest BCUT2D eigenvalue weighted by Gasteiger charge is -2.30. The zero-order valence-corrected chi connectivity index (χ0v) is 14.6. The molecule has 1 saturated heterocycles. The molecule has 2 heterocycles. The Bertz CT molecular complexity index is 659. The van der Waals surface area contributed by atoms with E-state index in [0.717, 1.165) is 54.0 Å². The molecule has 1 atom stereocenters. The summed E-state index contributed by atoms with van der Waals surface area (Å²) in [4.78, 5) is 7.17. The average molecular weight is 334 g/mol. The van der Waals surface area contributed by atoms with E-state index in [1.165, 1.54) is 0 Å². The van der Waals surface area contributed by atoms with Crippen LogP contribution in [-0.2, 0) is 11.3 Å². The first kappa shape index (κ1) is 16.2. The highest BCUT2D eigenvalue weighted by Crippen LogP contribution is 2.35. The topological polar surface area (TPSA) is 43.8 Å². The summed E-state index contributed by atoms with van der Waals surface area (Å²) in [6, 6.07) is 5.82. The second-order valence-corrected chi connectivity index (χ2v) is 6.48. The van der Waals surface area contributed by atoms with Gasteiger partial charge in [0.15, 0.2) is 0 Å². The van der Waals surface area contributed by atoms with E-state index in [0.29, 0.717) is 6.10 Å². The van der Waals surface area contributed by atoms with Crippen molar-refractivity contribution in [1.29, 1.82) is 0 Å². The largest absolute Gasteiger partial charge is 0.497 e. The molecule has 3 rings (SSSR count). The summed E-state index contributed by atoms with van der Waals surface area (Å²) in [6.45, 7) is 5.69. The van der Waals surface area contributed by atoms with Crippen molar-refractivity contribution in [3.63, 3.8) is 0 Å². The van der Waals surface area contributed by atoms with Crippen molar-refractivity contribution in [3.05, 3.63) is 29.3 Å². The molecule has 0 saturated carbocycles. The Morgan fingerprint density at radius 2 is 2.22 bits per heavy atom. The highest BCUT2D eigenvalue weighted by atomic mass is 32.1. The second-order valence-electron chi connectivity index (χ2n) is 5.63. The molecule has 1 fully saturated rings. The summed E-state index contributed by atoms with van der Waals surface area (Å²) in [6.07, 6.45) is 0.295. The molecule has 0 radical (unpaired) electrons. The Balaban J connectivity index is 1.76. The van der Waals surface area contributed by atoms with E-state index in [1.807, 2.05) is 18.2 Å². The zero-order chi connectivity index (χ0) is 16.2. The second kappa shape index (κ2) is 7.29. The molecule has 0 spiro atoms. The lowest BCUT2D eigenvalue weighted by molar-refractivity contribution is -0.0215. The van der Waals surface area contributed by atoms with Crippen LogP contribution < -0.4 is 9.47 Å². The lowest BCUT2D eigenvalue weighted by atomic mass is 10.2. The standard InChI is InChI=1S/C17H22N2O3S/c1-12-9-19(6-7-22-12)10-13-11-23-17(18-13)15-5-4-14(20-2)8-16(15)21-3/h4-5,8,11-12H,6-7,9-10H2,1-3H3/t12-/m0/s1. The number of methoxy groups -OCH3 is 2. The van der Waals surface area contributed by atoms with Gasteiger partial charge in [-0.1, -0.05) is 0 Å². The van der Waals surface area contributed by atoms with Crippen molar-refractivity contribution in [2.75, 3.05) is 33.9 Å². The lowest BCUT2D eigenvalue weighted by Crippen LogP contribution is -2.40. The van der Waals surface area contributed by atoms with Gasteiger partial charge in [-0.05, 0) is 19.1 Å². The van der Waals surface area contributed by atoms with Crippen LogP contribution in [-0.4, -0.2) is 49.9 Å². The molecule has 23 heavy (non-hydrogen) atoms. The average Bonchev–Trinajstić information content (AvgIpc) is 3.02. The van der Waals surface area contributed by atoms with Gasteiger partial charge in [0.25, 0.3) is 0 Å². The van der Waals surface area contributed by atoms with E-state index in [-0.39, 0.29) is 0 Å². The summed E-state index contributed by atoms with van der Waals surface area (Å²) in [5.74, 6) is 1.56. The van der Waals surface area contributed by atoms with Gasteiger partial charge in [-0.25, -0.2) is 4.98 Å². The van der Waals surface area contributed by atoms with Crippen LogP contribution in [0.1, 0.15) is 12.6 Å². The first-order valence-corrected chi connectivity index (χ1v) is 8.58. The smallest absolute Gasteiger partial charge is 0.132 e. The van der Waals surface area contributed by atoms with Crippen LogP contribution in [0.4, 0.5) is 0 Å². The first-order chi connectivity index (χ1) is 11.2. The minimum absolute atomic E-state index is 0.295. The molecule has 2 aromatic rings. The quantitative estimate of drug-likeness (QED) is 0.841. The molecule has 0 amide bonds. The van der Waals surface area contributed by atoms with Gasteiger partial charge in [0, 0.05) is 31.1 Å². The number of aromatic nitrogens is 1. The van der Waals surface area contributed by atoms with E-state index in [4.69, 9.17) is 19.2 Å². The molecule has 0 bridgehead atoms. The number of hydrogen-bond acceptors (Lipinski definition) is 6. The number of hydrogen-bond donors (Lipinski definition) is 0. The van der Waals surface area contributed by atoms with Crippen LogP contribution in [0.5, 0.6) is 11.5 Å². The Labute approximate surface area is 140 Å². The van der Waals surface area contributed by atoms with Crippen LogP contribution in [0.25, 0.3) is 10.6 Å². The molecular weight excluding hydrogens is 312 g/mol. The molecule has 0 unspecified atom stereocenters. The normalized spacial score (nSPS) is 18.8. The fraction of sp³-hybridized carbons (Fsp3) is 0.471. The highest BCUT2D eigenvalue weighted by Gasteiger charge is 2.18. The molecule has 5 nitrogen and oxygen atoms in total. The van der Waals surface area contributed by atoms with Crippen molar-refractivity contribution in [2.45, 2.75) is 19.6 Å². The third kappa shape index (κ3) is 3.83. The Hall–Kier alpha value is -1.63. The van der Waals surface area contributed by atoms with E-state index >= 15 is 0 Å².